The number of esters is 1. The van der Waals surface area contributed by atoms with Gasteiger partial charge >= 0.3 is 5.97 Å². The molecule has 1 aromatic carbocycles. The van der Waals surface area contributed by atoms with E-state index >= 15 is 0 Å². The average molecular weight is 251 g/mol. The van der Waals surface area contributed by atoms with Crippen LogP contribution in [0.25, 0.3) is 0 Å². The molecule has 0 saturated carbocycles. The number of hydrogen-bond acceptors (Lipinski definition) is 4. The van der Waals surface area contributed by atoms with Crippen molar-refractivity contribution in [2.75, 3.05) is 6.61 Å². The molecule has 0 aromatic heterocycles. The van der Waals surface area contributed by atoms with Crippen LogP contribution >= 0.6 is 0 Å². The fourth-order valence-corrected chi connectivity index (χ4v) is 1.30. The van der Waals surface area contributed by atoms with Crippen LogP contribution in [0, 0.1) is 0 Å². The number of ether oxygens (including phenoxy) is 2. The van der Waals surface area contributed by atoms with Gasteiger partial charge in [-0.25, -0.2) is 4.79 Å². The summed E-state index contributed by atoms with van der Waals surface area (Å²) in [5.41, 5.74) is 4.86. The van der Waals surface area contributed by atoms with E-state index in [4.69, 9.17) is 15.2 Å². The molecule has 0 unspecified atom stereocenters. The standard InChI is InChI=1S/C13H17NO4/c1-13(2,3)18-11(15)8-17-10-7-5-4-6-9(10)12(14)16/h4-7H,8H2,1-3H3,(H2,14,16). The van der Waals surface area contributed by atoms with Crippen molar-refractivity contribution in [1.82, 2.24) is 0 Å². The van der Waals surface area contributed by atoms with E-state index in [9.17, 15) is 9.59 Å². The first-order chi connectivity index (χ1) is 8.29. The van der Waals surface area contributed by atoms with E-state index in [-0.39, 0.29) is 17.9 Å². The van der Waals surface area contributed by atoms with Gasteiger partial charge in [0.15, 0.2) is 6.61 Å². The van der Waals surface area contributed by atoms with Gasteiger partial charge in [-0.05, 0) is 32.9 Å². The molecule has 0 spiro atoms. The number of benzene rings is 1. The van der Waals surface area contributed by atoms with Crippen molar-refractivity contribution in [2.45, 2.75) is 26.4 Å². The molecule has 2 N–H and O–H groups in total. The number of para-hydroxylation sites is 1. The Balaban J connectivity index is 2.64. The Morgan fingerprint density at radius 2 is 1.83 bits per heavy atom. The highest BCUT2D eigenvalue weighted by Gasteiger charge is 2.17. The molecule has 1 aromatic rings. The Kier molecular flexibility index (Phi) is 4.31. The number of amides is 1. The summed E-state index contributed by atoms with van der Waals surface area (Å²) in [6.07, 6.45) is 0. The average Bonchev–Trinajstić information content (AvgIpc) is 2.24. The number of carbonyl (C=O) groups is 2. The van der Waals surface area contributed by atoms with Gasteiger partial charge in [0.05, 0.1) is 5.56 Å². The first kappa shape index (κ1) is 14.0. The summed E-state index contributed by atoms with van der Waals surface area (Å²) >= 11 is 0. The van der Waals surface area contributed by atoms with Gasteiger partial charge in [0.25, 0.3) is 5.91 Å². The van der Waals surface area contributed by atoms with Gasteiger partial charge in [0.2, 0.25) is 0 Å². The second-order valence-electron chi connectivity index (χ2n) is 4.74. The zero-order valence-electron chi connectivity index (χ0n) is 10.7. The molecule has 18 heavy (non-hydrogen) atoms. The Morgan fingerprint density at radius 1 is 1.22 bits per heavy atom. The van der Waals surface area contributed by atoms with Gasteiger partial charge in [0, 0.05) is 0 Å². The summed E-state index contributed by atoms with van der Waals surface area (Å²) in [5.74, 6) is -0.826. The summed E-state index contributed by atoms with van der Waals surface area (Å²) in [6.45, 7) is 5.04. The summed E-state index contributed by atoms with van der Waals surface area (Å²) in [6, 6.07) is 6.47. The zero-order chi connectivity index (χ0) is 13.8. The Bertz CT molecular complexity index is 449. The molecule has 0 aliphatic heterocycles. The van der Waals surface area contributed by atoms with Crippen molar-refractivity contribution in [3.05, 3.63) is 29.8 Å². The van der Waals surface area contributed by atoms with Gasteiger partial charge in [-0.1, -0.05) is 12.1 Å². The van der Waals surface area contributed by atoms with E-state index in [1.54, 1.807) is 39.0 Å². The lowest BCUT2D eigenvalue weighted by molar-refractivity contribution is -0.157. The third kappa shape index (κ3) is 4.45. The van der Waals surface area contributed by atoms with Gasteiger partial charge in [-0.15, -0.1) is 0 Å². The summed E-state index contributed by atoms with van der Waals surface area (Å²) < 4.78 is 10.3. The topological polar surface area (TPSA) is 78.6 Å². The van der Waals surface area contributed by atoms with E-state index in [0.717, 1.165) is 0 Å². The van der Waals surface area contributed by atoms with Crippen molar-refractivity contribution in [2.24, 2.45) is 5.73 Å². The minimum atomic E-state index is -0.602. The molecule has 0 aliphatic carbocycles. The molecule has 1 amide bonds. The summed E-state index contributed by atoms with van der Waals surface area (Å²) in [4.78, 5) is 22.6. The SMILES string of the molecule is CC(C)(C)OC(=O)COc1ccccc1C(N)=O. The highest BCUT2D eigenvalue weighted by atomic mass is 16.6. The summed E-state index contributed by atoms with van der Waals surface area (Å²) in [7, 11) is 0. The molecule has 5 nitrogen and oxygen atoms in total. The van der Waals surface area contributed by atoms with Crippen molar-refractivity contribution in [3.8, 4) is 5.75 Å². The van der Waals surface area contributed by atoms with Gasteiger partial charge < -0.3 is 15.2 Å². The first-order valence-electron chi connectivity index (χ1n) is 5.53. The number of rotatable bonds is 4. The highest BCUT2D eigenvalue weighted by Crippen LogP contribution is 2.17. The third-order valence-electron chi connectivity index (χ3n) is 1.92. The predicted molar refractivity (Wildman–Crippen MR) is 66.3 cm³/mol. The number of nitrogens with two attached hydrogens (primary N) is 1. The maximum absolute atomic E-state index is 11.4. The Labute approximate surface area is 106 Å². The molecule has 1 rings (SSSR count). The fourth-order valence-electron chi connectivity index (χ4n) is 1.30. The van der Waals surface area contributed by atoms with Crippen LogP contribution in [0.4, 0.5) is 0 Å². The van der Waals surface area contributed by atoms with Crippen molar-refractivity contribution in [1.29, 1.82) is 0 Å². The largest absolute Gasteiger partial charge is 0.481 e. The lowest BCUT2D eigenvalue weighted by atomic mass is 10.2. The second kappa shape index (κ2) is 5.53. The zero-order valence-corrected chi connectivity index (χ0v) is 10.7. The van der Waals surface area contributed by atoms with Crippen molar-refractivity contribution in [3.63, 3.8) is 0 Å². The van der Waals surface area contributed by atoms with Crippen LogP contribution in [0.1, 0.15) is 31.1 Å². The van der Waals surface area contributed by atoms with Crippen molar-refractivity contribution >= 4 is 11.9 Å². The first-order valence-corrected chi connectivity index (χ1v) is 5.53. The molecule has 0 radical (unpaired) electrons. The minimum Gasteiger partial charge on any atom is -0.481 e. The van der Waals surface area contributed by atoms with E-state index in [1.165, 1.54) is 6.07 Å². The molecular formula is C13H17NO4. The van der Waals surface area contributed by atoms with Gasteiger partial charge in [-0.3, -0.25) is 4.79 Å². The van der Waals surface area contributed by atoms with E-state index in [1.807, 2.05) is 0 Å². The maximum Gasteiger partial charge on any atom is 0.344 e. The van der Waals surface area contributed by atoms with Crippen LogP contribution in [0.15, 0.2) is 24.3 Å². The second-order valence-corrected chi connectivity index (χ2v) is 4.74. The quantitative estimate of drug-likeness (QED) is 0.822. The lowest BCUT2D eigenvalue weighted by Gasteiger charge is -2.19. The van der Waals surface area contributed by atoms with Crippen LogP contribution in [0.5, 0.6) is 5.75 Å². The van der Waals surface area contributed by atoms with Crippen LogP contribution in [0.3, 0.4) is 0 Å². The van der Waals surface area contributed by atoms with E-state index in [0.29, 0.717) is 0 Å². The van der Waals surface area contributed by atoms with E-state index in [2.05, 4.69) is 0 Å². The number of hydrogen-bond donors (Lipinski definition) is 1. The van der Waals surface area contributed by atoms with Gasteiger partial charge in [-0.2, -0.15) is 0 Å². The molecule has 98 valence electrons. The summed E-state index contributed by atoms with van der Waals surface area (Å²) in [5, 5.41) is 0. The Hall–Kier alpha value is -2.04. The third-order valence-corrected chi connectivity index (χ3v) is 1.92. The molecule has 0 aliphatic rings. The molecule has 0 atom stereocenters. The fraction of sp³-hybridized carbons (Fsp3) is 0.385. The Morgan fingerprint density at radius 3 is 2.39 bits per heavy atom. The van der Waals surface area contributed by atoms with Crippen LogP contribution in [-0.4, -0.2) is 24.1 Å². The number of primary amides is 1. The minimum absolute atomic E-state index is 0.237. The van der Waals surface area contributed by atoms with Crippen LogP contribution in [0.2, 0.25) is 0 Å². The molecule has 0 heterocycles. The number of carbonyl (C=O) groups excluding carboxylic acids is 2. The molecule has 0 fully saturated rings. The molecular weight excluding hydrogens is 234 g/mol. The van der Waals surface area contributed by atoms with Crippen LogP contribution in [-0.2, 0) is 9.53 Å². The smallest absolute Gasteiger partial charge is 0.344 e. The monoisotopic (exact) mass is 251 g/mol. The highest BCUT2D eigenvalue weighted by molar-refractivity contribution is 5.95. The molecule has 0 bridgehead atoms. The van der Waals surface area contributed by atoms with Crippen molar-refractivity contribution < 1.29 is 19.1 Å². The maximum atomic E-state index is 11.4. The van der Waals surface area contributed by atoms with E-state index < -0.39 is 17.5 Å². The molecule has 0 saturated heterocycles. The normalized spacial score (nSPS) is 10.8. The predicted octanol–water partition coefficient (Wildman–Crippen LogP) is 1.51. The van der Waals surface area contributed by atoms with Crippen LogP contribution < -0.4 is 10.5 Å². The molecule has 5 heteroatoms. The lowest BCUT2D eigenvalue weighted by Crippen LogP contribution is -2.27. The van der Waals surface area contributed by atoms with Gasteiger partial charge in [0.1, 0.15) is 11.4 Å².